The number of rotatable bonds is 8. The number of hydrogen-bond acceptors (Lipinski definition) is 8. The molecule has 1 N–H and O–H groups in total. The number of carbonyl (C=O) groups excluding carboxylic acids is 2. The molecular formula is C33H35ClINO8S. The fraction of sp³-hybridized carbons (Fsp3) is 0.424. The summed E-state index contributed by atoms with van der Waals surface area (Å²) in [5.41, 5.74) is 2.30. The summed E-state index contributed by atoms with van der Waals surface area (Å²) in [6, 6.07) is 8.95. The highest BCUT2D eigenvalue weighted by molar-refractivity contribution is 14.1. The normalized spacial score (nSPS) is 19.8. The van der Waals surface area contributed by atoms with Gasteiger partial charge in [-0.1, -0.05) is 39.3 Å². The topological polar surface area (TPSA) is 127 Å². The number of ketones is 2. The summed E-state index contributed by atoms with van der Waals surface area (Å²) in [6.45, 7) is 8.19. The molecule has 0 bridgehead atoms. The molecule has 0 fully saturated rings. The number of carboxylic acid groups (broad SMARTS) is 1. The predicted molar refractivity (Wildman–Crippen MR) is 177 cm³/mol. The Labute approximate surface area is 281 Å². The van der Waals surface area contributed by atoms with Crippen molar-refractivity contribution in [2.45, 2.75) is 70.6 Å². The van der Waals surface area contributed by atoms with Gasteiger partial charge in [0.05, 0.1) is 17.1 Å². The lowest BCUT2D eigenvalue weighted by Crippen LogP contribution is -2.45. The van der Waals surface area contributed by atoms with E-state index in [4.69, 9.17) is 20.5 Å². The summed E-state index contributed by atoms with van der Waals surface area (Å²) in [4.78, 5) is 41.6. The summed E-state index contributed by atoms with van der Waals surface area (Å²) < 4.78 is 38.0. The summed E-state index contributed by atoms with van der Waals surface area (Å²) in [6.07, 6.45) is 1.45. The Hall–Kier alpha value is -2.90. The van der Waals surface area contributed by atoms with Crippen LogP contribution in [0.2, 0.25) is 5.02 Å². The molecule has 0 radical (unpaired) electrons. The van der Waals surface area contributed by atoms with Crippen molar-refractivity contribution in [2.24, 2.45) is 10.8 Å². The third-order valence-electron chi connectivity index (χ3n) is 8.45. The number of allylic oxidation sites excluding steroid dienone is 4. The van der Waals surface area contributed by atoms with Crippen molar-refractivity contribution in [1.29, 1.82) is 0 Å². The SMILES string of the molecule is COc1cc(C2C3=C(CC(C)(C)CC3=O)N(CCC(=O)O)C3=C2C(=O)CC(C)(C)C3)cc(I)c1OS(=O)(=O)c1ccc(Cl)cc1. The third-order valence-corrected chi connectivity index (χ3v) is 10.7. The van der Waals surface area contributed by atoms with Gasteiger partial charge in [-0.25, -0.2) is 0 Å². The van der Waals surface area contributed by atoms with Crippen LogP contribution in [0, 0.1) is 14.4 Å². The van der Waals surface area contributed by atoms with E-state index in [2.05, 4.69) is 0 Å². The highest BCUT2D eigenvalue weighted by atomic mass is 127. The van der Waals surface area contributed by atoms with Crippen LogP contribution in [0.25, 0.3) is 0 Å². The number of carbonyl (C=O) groups is 3. The minimum absolute atomic E-state index is 0.0219. The van der Waals surface area contributed by atoms with Gasteiger partial charge in [0.15, 0.2) is 23.1 Å². The number of halogens is 2. The van der Waals surface area contributed by atoms with E-state index in [0.29, 0.717) is 38.1 Å². The van der Waals surface area contributed by atoms with E-state index in [0.717, 1.165) is 11.4 Å². The largest absolute Gasteiger partial charge is 0.493 e. The fourth-order valence-electron chi connectivity index (χ4n) is 6.60. The van der Waals surface area contributed by atoms with E-state index < -0.39 is 22.0 Å². The van der Waals surface area contributed by atoms with Gasteiger partial charge in [-0.05, 0) is 88.2 Å². The minimum Gasteiger partial charge on any atom is -0.493 e. The summed E-state index contributed by atoms with van der Waals surface area (Å²) in [5, 5.41) is 9.97. The molecule has 2 aromatic carbocycles. The number of benzene rings is 2. The van der Waals surface area contributed by atoms with Gasteiger partial charge < -0.3 is 18.9 Å². The fourth-order valence-corrected chi connectivity index (χ4v) is 8.57. The molecule has 0 spiro atoms. The van der Waals surface area contributed by atoms with E-state index in [9.17, 15) is 27.9 Å². The lowest BCUT2D eigenvalue weighted by Gasteiger charge is -2.49. The van der Waals surface area contributed by atoms with E-state index in [1.54, 1.807) is 12.1 Å². The Morgan fingerprint density at radius 3 is 2.00 bits per heavy atom. The van der Waals surface area contributed by atoms with Crippen molar-refractivity contribution >= 4 is 61.8 Å². The summed E-state index contributed by atoms with van der Waals surface area (Å²) >= 11 is 7.90. The standard InChI is InChI=1S/C33H35ClINO8S/c1-32(2)14-22-29(24(37)16-32)28(30-23(36(22)11-10-27(39)40)15-33(3,4)17-25(30)38)18-12-21(35)31(26(13-18)43-5)44-45(41,42)20-8-6-19(34)7-9-20/h6-9,12-13,28H,10-11,14-17H2,1-5H3,(H,39,40). The quantitative estimate of drug-likeness (QED) is 0.226. The average molecular weight is 768 g/mol. The van der Waals surface area contributed by atoms with Crippen molar-refractivity contribution in [3.8, 4) is 11.5 Å². The molecule has 0 atom stereocenters. The van der Waals surface area contributed by atoms with Gasteiger partial charge in [0.1, 0.15) is 4.90 Å². The van der Waals surface area contributed by atoms with Crippen molar-refractivity contribution < 1.29 is 36.8 Å². The lowest BCUT2D eigenvalue weighted by molar-refractivity contribution is -0.137. The van der Waals surface area contributed by atoms with Gasteiger partial charge in [0.25, 0.3) is 0 Å². The molecule has 0 amide bonds. The highest BCUT2D eigenvalue weighted by Crippen LogP contribution is 2.55. The molecular weight excluding hydrogens is 733 g/mol. The first kappa shape index (κ1) is 33.5. The molecule has 0 aromatic heterocycles. The molecule has 12 heteroatoms. The molecule has 0 saturated carbocycles. The third kappa shape index (κ3) is 6.66. The van der Waals surface area contributed by atoms with E-state index in [-0.39, 0.29) is 64.6 Å². The second kappa shape index (κ2) is 12.0. The van der Waals surface area contributed by atoms with Gasteiger partial charge in [-0.3, -0.25) is 14.4 Å². The van der Waals surface area contributed by atoms with Crippen molar-refractivity contribution in [2.75, 3.05) is 13.7 Å². The zero-order chi connectivity index (χ0) is 33.1. The average Bonchev–Trinajstić information content (AvgIpc) is 2.91. The second-order valence-corrected chi connectivity index (χ2v) is 16.5. The Kier molecular flexibility index (Phi) is 8.95. The number of carboxylic acids is 1. The Bertz CT molecular complexity index is 1720. The molecule has 0 saturated heterocycles. The van der Waals surface area contributed by atoms with Gasteiger partial charge in [0.2, 0.25) is 0 Å². The minimum atomic E-state index is -4.25. The van der Waals surface area contributed by atoms with Crippen LogP contribution in [0.1, 0.15) is 71.3 Å². The number of hydrogen-bond donors (Lipinski definition) is 1. The van der Waals surface area contributed by atoms with Crippen LogP contribution in [0.4, 0.5) is 0 Å². The predicted octanol–water partition coefficient (Wildman–Crippen LogP) is 6.88. The molecule has 2 aromatic rings. The first-order chi connectivity index (χ1) is 20.9. The Morgan fingerprint density at radius 2 is 1.51 bits per heavy atom. The zero-order valence-corrected chi connectivity index (χ0v) is 29.4. The van der Waals surface area contributed by atoms with Crippen molar-refractivity contribution in [3.63, 3.8) is 0 Å². The number of nitrogens with zero attached hydrogens (tertiary/aromatic N) is 1. The first-order valence-electron chi connectivity index (χ1n) is 14.5. The number of ether oxygens (including phenoxy) is 1. The Balaban J connectivity index is 1.69. The lowest BCUT2D eigenvalue weighted by atomic mass is 9.63. The maximum atomic E-state index is 14.0. The molecule has 9 nitrogen and oxygen atoms in total. The van der Waals surface area contributed by atoms with Crippen LogP contribution in [0.3, 0.4) is 0 Å². The number of aliphatic carboxylic acids is 1. The van der Waals surface area contributed by atoms with Crippen molar-refractivity contribution in [1.82, 2.24) is 4.90 Å². The maximum absolute atomic E-state index is 14.0. The van der Waals surface area contributed by atoms with Gasteiger partial charge in [0, 0.05) is 52.9 Å². The molecule has 2 aliphatic carbocycles. The zero-order valence-electron chi connectivity index (χ0n) is 25.7. The molecule has 0 unspecified atom stereocenters. The molecule has 240 valence electrons. The van der Waals surface area contributed by atoms with Gasteiger partial charge in [-0.15, -0.1) is 0 Å². The smallest absolute Gasteiger partial charge is 0.339 e. The maximum Gasteiger partial charge on any atom is 0.339 e. The van der Waals surface area contributed by atoms with Crippen molar-refractivity contribution in [3.05, 3.63) is 73.1 Å². The second-order valence-electron chi connectivity index (χ2n) is 13.4. The first-order valence-corrected chi connectivity index (χ1v) is 17.4. The number of methoxy groups -OCH3 is 1. The van der Waals surface area contributed by atoms with Gasteiger partial charge in [-0.2, -0.15) is 8.42 Å². The van der Waals surface area contributed by atoms with Crippen LogP contribution in [0.5, 0.6) is 11.5 Å². The van der Waals surface area contributed by atoms with Crippen LogP contribution < -0.4 is 8.92 Å². The summed E-state index contributed by atoms with van der Waals surface area (Å²) in [7, 11) is -2.86. The molecule has 1 heterocycles. The Morgan fingerprint density at radius 1 is 0.978 bits per heavy atom. The molecule has 5 rings (SSSR count). The number of Topliss-reactive ketones (excluding diaryl/α,β-unsaturated/α-hetero) is 2. The molecule has 45 heavy (non-hydrogen) atoms. The van der Waals surface area contributed by atoms with E-state index in [1.165, 1.54) is 31.4 Å². The van der Waals surface area contributed by atoms with Crippen LogP contribution in [0.15, 0.2) is 63.8 Å². The highest BCUT2D eigenvalue weighted by Gasteiger charge is 2.49. The van der Waals surface area contributed by atoms with Gasteiger partial charge >= 0.3 is 16.1 Å². The summed E-state index contributed by atoms with van der Waals surface area (Å²) in [5.74, 6) is -1.79. The molecule has 3 aliphatic rings. The van der Waals surface area contributed by atoms with Crippen LogP contribution in [-0.4, -0.2) is 49.6 Å². The molecule has 1 aliphatic heterocycles. The van der Waals surface area contributed by atoms with Crippen LogP contribution in [-0.2, 0) is 24.5 Å². The van der Waals surface area contributed by atoms with Crippen LogP contribution >= 0.6 is 34.2 Å². The van der Waals surface area contributed by atoms with E-state index >= 15 is 0 Å². The monoisotopic (exact) mass is 767 g/mol. The van der Waals surface area contributed by atoms with E-state index in [1.807, 2.05) is 55.2 Å².